The van der Waals surface area contributed by atoms with Crippen molar-refractivity contribution in [2.24, 2.45) is 5.73 Å². The maximum Gasteiger partial charge on any atom is 0.191 e. The number of hydrogen-bond acceptors (Lipinski definition) is 8. The van der Waals surface area contributed by atoms with Gasteiger partial charge in [-0.3, -0.25) is 4.98 Å². The maximum absolute atomic E-state index is 5.83. The van der Waals surface area contributed by atoms with E-state index in [1.54, 1.807) is 30.3 Å². The fourth-order valence-electron chi connectivity index (χ4n) is 2.18. The summed E-state index contributed by atoms with van der Waals surface area (Å²) in [5.74, 6) is 0.475. The van der Waals surface area contributed by atoms with Gasteiger partial charge in [0.1, 0.15) is 10.8 Å². The van der Waals surface area contributed by atoms with Gasteiger partial charge in [-0.25, -0.2) is 9.97 Å². The fraction of sp³-hybridized carbons (Fsp3) is 0.267. The van der Waals surface area contributed by atoms with Gasteiger partial charge >= 0.3 is 0 Å². The minimum atomic E-state index is 0.0800. The van der Waals surface area contributed by atoms with Crippen LogP contribution in [0.2, 0.25) is 0 Å². The summed E-state index contributed by atoms with van der Waals surface area (Å²) in [5, 5.41) is 2.59. The van der Waals surface area contributed by atoms with Crippen LogP contribution in [-0.2, 0) is 6.54 Å². The molecular weight excluding hydrogens is 330 g/mol. The van der Waals surface area contributed by atoms with Gasteiger partial charge < -0.3 is 15.9 Å². The van der Waals surface area contributed by atoms with Crippen LogP contribution in [0.5, 0.6) is 0 Å². The van der Waals surface area contributed by atoms with Crippen molar-refractivity contribution in [3.8, 4) is 0 Å². The molecule has 3 aromatic heterocycles. The molecule has 8 heteroatoms. The summed E-state index contributed by atoms with van der Waals surface area (Å²) in [5.41, 5.74) is 14.2. The van der Waals surface area contributed by atoms with Crippen molar-refractivity contribution in [2.45, 2.75) is 28.9 Å². The summed E-state index contributed by atoms with van der Waals surface area (Å²) in [4.78, 5) is 13.2. The van der Waals surface area contributed by atoms with E-state index in [9.17, 15) is 0 Å². The van der Waals surface area contributed by atoms with Gasteiger partial charge in [-0.1, -0.05) is 11.8 Å². The molecule has 23 heavy (non-hydrogen) atoms. The average Bonchev–Trinajstić information content (AvgIpc) is 2.96. The van der Waals surface area contributed by atoms with Crippen LogP contribution >= 0.6 is 23.5 Å². The number of nitrogens with zero attached hydrogens (tertiary/aromatic N) is 3. The Morgan fingerprint density at radius 1 is 1.30 bits per heavy atom. The largest absolute Gasteiger partial charge is 0.462 e. The van der Waals surface area contributed by atoms with Gasteiger partial charge in [0.05, 0.1) is 23.4 Å². The number of anilines is 1. The Balaban J connectivity index is 1.88. The molecule has 0 saturated heterocycles. The van der Waals surface area contributed by atoms with Crippen molar-refractivity contribution >= 4 is 40.3 Å². The van der Waals surface area contributed by atoms with Crippen LogP contribution in [0.4, 0.5) is 5.82 Å². The predicted octanol–water partition coefficient (Wildman–Crippen LogP) is 3.23. The standard InChI is InChI=1S/C15H17N5OS2/c1-8(23-15-19-13(17)4-14(20-15)22-2)11-3-10-9(5-16)7-21-12(10)6-18-11/h3-4,6-8H,5,16H2,1-2H3,(H2,17,19,20). The Hall–Kier alpha value is -1.77. The Bertz CT molecular complexity index is 836. The molecule has 3 heterocycles. The molecule has 0 fully saturated rings. The molecule has 0 aliphatic rings. The Labute approximate surface area is 142 Å². The second-order valence-electron chi connectivity index (χ2n) is 4.95. The third kappa shape index (κ3) is 3.44. The van der Waals surface area contributed by atoms with Crippen LogP contribution in [-0.4, -0.2) is 21.2 Å². The topological polar surface area (TPSA) is 104 Å². The zero-order valence-corrected chi connectivity index (χ0v) is 14.4. The highest BCUT2D eigenvalue weighted by Crippen LogP contribution is 2.34. The van der Waals surface area contributed by atoms with E-state index in [-0.39, 0.29) is 5.25 Å². The van der Waals surface area contributed by atoms with E-state index in [1.165, 1.54) is 11.8 Å². The molecule has 3 rings (SSSR count). The zero-order chi connectivity index (χ0) is 16.4. The molecule has 0 aliphatic heterocycles. The molecule has 6 nitrogen and oxygen atoms in total. The van der Waals surface area contributed by atoms with Gasteiger partial charge in [0.25, 0.3) is 0 Å². The number of fused-ring (bicyclic) bond motifs is 1. The predicted molar refractivity (Wildman–Crippen MR) is 94.4 cm³/mol. The number of nitrogen functional groups attached to an aromatic ring is 1. The zero-order valence-electron chi connectivity index (χ0n) is 12.8. The third-order valence-electron chi connectivity index (χ3n) is 3.39. The lowest BCUT2D eigenvalue weighted by atomic mass is 10.1. The van der Waals surface area contributed by atoms with Crippen LogP contribution in [0.25, 0.3) is 11.0 Å². The van der Waals surface area contributed by atoms with Crippen LogP contribution < -0.4 is 11.5 Å². The molecule has 0 amide bonds. The number of aromatic nitrogens is 3. The van der Waals surface area contributed by atoms with Crippen LogP contribution in [0, 0.1) is 0 Å². The lowest BCUT2D eigenvalue weighted by Gasteiger charge is -2.10. The van der Waals surface area contributed by atoms with Gasteiger partial charge in [0, 0.05) is 23.6 Å². The lowest BCUT2D eigenvalue weighted by molar-refractivity contribution is 0.609. The first-order valence-corrected chi connectivity index (χ1v) is 9.12. The Kier molecular flexibility index (Phi) is 4.74. The number of furan rings is 1. The molecule has 4 N–H and O–H groups in total. The van der Waals surface area contributed by atoms with Crippen LogP contribution in [0.3, 0.4) is 0 Å². The van der Waals surface area contributed by atoms with E-state index < -0.39 is 0 Å². The summed E-state index contributed by atoms with van der Waals surface area (Å²) in [7, 11) is 0. The van der Waals surface area contributed by atoms with Crippen molar-refractivity contribution in [2.75, 3.05) is 12.0 Å². The second kappa shape index (κ2) is 6.77. The Morgan fingerprint density at radius 2 is 2.13 bits per heavy atom. The normalized spacial score (nSPS) is 12.7. The van der Waals surface area contributed by atoms with E-state index in [1.807, 2.05) is 12.3 Å². The highest BCUT2D eigenvalue weighted by molar-refractivity contribution is 7.99. The van der Waals surface area contributed by atoms with Gasteiger partial charge in [0.15, 0.2) is 10.7 Å². The van der Waals surface area contributed by atoms with Gasteiger partial charge in [-0.05, 0) is 19.2 Å². The van der Waals surface area contributed by atoms with E-state index in [0.717, 1.165) is 27.3 Å². The lowest BCUT2D eigenvalue weighted by Crippen LogP contribution is -1.99. The third-order valence-corrected chi connectivity index (χ3v) is 5.01. The molecule has 0 saturated carbocycles. The molecule has 120 valence electrons. The number of thioether (sulfide) groups is 2. The van der Waals surface area contributed by atoms with Crippen molar-refractivity contribution < 1.29 is 4.42 Å². The number of nitrogens with two attached hydrogens (primary N) is 2. The number of rotatable bonds is 5. The Morgan fingerprint density at radius 3 is 2.87 bits per heavy atom. The number of pyridine rings is 1. The molecule has 1 unspecified atom stereocenters. The quantitative estimate of drug-likeness (QED) is 0.412. The van der Waals surface area contributed by atoms with Crippen molar-refractivity contribution in [1.82, 2.24) is 15.0 Å². The highest BCUT2D eigenvalue weighted by Gasteiger charge is 2.15. The molecule has 3 aromatic rings. The molecule has 0 radical (unpaired) electrons. The summed E-state index contributed by atoms with van der Waals surface area (Å²) < 4.78 is 5.45. The van der Waals surface area contributed by atoms with Gasteiger partial charge in [-0.2, -0.15) is 0 Å². The minimum absolute atomic E-state index is 0.0800. The van der Waals surface area contributed by atoms with Crippen LogP contribution in [0.15, 0.2) is 39.2 Å². The summed E-state index contributed by atoms with van der Waals surface area (Å²) in [6.07, 6.45) is 5.37. The molecule has 0 aliphatic carbocycles. The molecular formula is C15H17N5OS2. The minimum Gasteiger partial charge on any atom is -0.462 e. The fourth-order valence-corrected chi connectivity index (χ4v) is 3.53. The first kappa shape index (κ1) is 16.1. The van der Waals surface area contributed by atoms with Gasteiger partial charge in [0.2, 0.25) is 0 Å². The van der Waals surface area contributed by atoms with E-state index >= 15 is 0 Å². The number of hydrogen-bond donors (Lipinski definition) is 2. The van der Waals surface area contributed by atoms with E-state index in [2.05, 4.69) is 21.9 Å². The molecule has 0 bridgehead atoms. The monoisotopic (exact) mass is 347 g/mol. The average molecular weight is 347 g/mol. The first-order valence-electron chi connectivity index (χ1n) is 7.02. The SMILES string of the molecule is CSc1cc(N)nc(SC(C)c2cc3c(CN)coc3cn2)n1. The van der Waals surface area contributed by atoms with Crippen molar-refractivity contribution in [3.63, 3.8) is 0 Å². The molecule has 0 aromatic carbocycles. The molecule has 1 atom stereocenters. The second-order valence-corrected chi connectivity index (χ2v) is 7.08. The maximum atomic E-state index is 5.83. The van der Waals surface area contributed by atoms with Gasteiger partial charge in [-0.15, -0.1) is 11.8 Å². The van der Waals surface area contributed by atoms with E-state index in [0.29, 0.717) is 17.5 Å². The van der Waals surface area contributed by atoms with Crippen molar-refractivity contribution in [3.05, 3.63) is 35.9 Å². The summed E-state index contributed by atoms with van der Waals surface area (Å²) in [6.45, 7) is 2.50. The summed E-state index contributed by atoms with van der Waals surface area (Å²) in [6, 6.07) is 3.78. The van der Waals surface area contributed by atoms with Crippen molar-refractivity contribution in [1.29, 1.82) is 0 Å². The van der Waals surface area contributed by atoms with Crippen LogP contribution in [0.1, 0.15) is 23.4 Å². The molecule has 0 spiro atoms. The first-order chi connectivity index (χ1) is 11.1. The highest BCUT2D eigenvalue weighted by atomic mass is 32.2. The van der Waals surface area contributed by atoms with E-state index in [4.69, 9.17) is 15.9 Å². The smallest absolute Gasteiger partial charge is 0.191 e. The summed E-state index contributed by atoms with van der Waals surface area (Å²) >= 11 is 3.07.